The lowest BCUT2D eigenvalue weighted by Gasteiger charge is -2.26. The summed E-state index contributed by atoms with van der Waals surface area (Å²) in [5, 5.41) is 12.5. The first-order valence-corrected chi connectivity index (χ1v) is 7.33. The summed E-state index contributed by atoms with van der Waals surface area (Å²) in [4.78, 5) is 23.3. The van der Waals surface area contributed by atoms with Crippen LogP contribution in [0, 0.1) is 17.5 Å². The number of nitrogens with one attached hydrogen (secondary N) is 1. The maximum absolute atomic E-state index is 13.8. The Morgan fingerprint density at radius 3 is 2.24 bits per heavy atom. The number of aliphatic hydroxyl groups is 1. The smallest absolute Gasteiger partial charge is 0.407 e. The highest BCUT2D eigenvalue weighted by Crippen LogP contribution is 2.25. The van der Waals surface area contributed by atoms with Crippen molar-refractivity contribution < 1.29 is 37.3 Å². The van der Waals surface area contributed by atoms with Gasteiger partial charge in [-0.2, -0.15) is 0 Å². The maximum Gasteiger partial charge on any atom is 0.407 e. The van der Waals surface area contributed by atoms with Crippen LogP contribution in [-0.2, 0) is 14.3 Å². The Bertz CT molecular complexity index is 645. The number of benzene rings is 1. The van der Waals surface area contributed by atoms with Crippen LogP contribution < -0.4 is 5.32 Å². The number of hydrogen-bond acceptors (Lipinski definition) is 5. The van der Waals surface area contributed by atoms with Gasteiger partial charge in [-0.25, -0.2) is 18.0 Å². The average Bonchev–Trinajstić information content (AvgIpc) is 2.47. The number of amides is 1. The third-order valence-corrected chi connectivity index (χ3v) is 3.06. The summed E-state index contributed by atoms with van der Waals surface area (Å²) in [7, 11) is 1.08. The van der Waals surface area contributed by atoms with E-state index in [0.29, 0.717) is 6.07 Å². The molecule has 0 aliphatic rings. The van der Waals surface area contributed by atoms with Crippen LogP contribution in [0.2, 0.25) is 0 Å². The molecule has 1 aromatic rings. The van der Waals surface area contributed by atoms with E-state index in [-0.39, 0.29) is 6.07 Å². The molecule has 6 nitrogen and oxygen atoms in total. The van der Waals surface area contributed by atoms with Gasteiger partial charge in [0.2, 0.25) is 0 Å². The first-order chi connectivity index (χ1) is 11.4. The third-order valence-electron chi connectivity index (χ3n) is 3.06. The molecule has 0 aliphatic carbocycles. The number of aliphatic hydroxyl groups excluding tert-OH is 1. The summed E-state index contributed by atoms with van der Waals surface area (Å²) in [6.07, 6.45) is -3.37. The Balaban J connectivity index is 3.08. The number of rotatable bonds is 5. The number of hydrogen-bond donors (Lipinski definition) is 2. The van der Waals surface area contributed by atoms with Gasteiger partial charge in [-0.1, -0.05) is 0 Å². The van der Waals surface area contributed by atoms with Gasteiger partial charge < -0.3 is 19.9 Å². The van der Waals surface area contributed by atoms with Gasteiger partial charge in [-0.15, -0.1) is 0 Å². The molecule has 1 rings (SSSR count). The molecule has 1 aromatic carbocycles. The fraction of sp³-hybridized carbons (Fsp3) is 0.500. The van der Waals surface area contributed by atoms with Gasteiger partial charge in [0.25, 0.3) is 0 Å². The zero-order chi connectivity index (χ0) is 19.4. The van der Waals surface area contributed by atoms with Crippen molar-refractivity contribution >= 4 is 12.1 Å². The fourth-order valence-electron chi connectivity index (χ4n) is 1.94. The number of ether oxygens (including phenoxy) is 2. The quantitative estimate of drug-likeness (QED) is 0.620. The zero-order valence-corrected chi connectivity index (χ0v) is 14.2. The molecule has 0 aliphatic heterocycles. The molecule has 2 unspecified atom stereocenters. The Morgan fingerprint density at radius 2 is 1.72 bits per heavy atom. The normalized spacial score (nSPS) is 13.8. The monoisotopic (exact) mass is 363 g/mol. The van der Waals surface area contributed by atoms with E-state index in [0.717, 1.165) is 7.11 Å². The molecule has 2 atom stereocenters. The predicted molar refractivity (Wildman–Crippen MR) is 81.1 cm³/mol. The average molecular weight is 363 g/mol. The highest BCUT2D eigenvalue weighted by Gasteiger charge is 2.30. The minimum absolute atomic E-state index is 0.260. The first-order valence-electron chi connectivity index (χ1n) is 7.33. The Labute approximate surface area is 142 Å². The lowest BCUT2D eigenvalue weighted by molar-refractivity contribution is -0.141. The SMILES string of the molecule is COC(=O)CC(NC(=O)OC(C)(C)C)C(O)c1cc(F)c(F)cc1F. The van der Waals surface area contributed by atoms with Crippen molar-refractivity contribution in [2.45, 2.75) is 44.9 Å². The predicted octanol–water partition coefficient (Wildman–Crippen LogP) is 2.59. The Morgan fingerprint density at radius 1 is 1.16 bits per heavy atom. The van der Waals surface area contributed by atoms with Crippen molar-refractivity contribution in [2.24, 2.45) is 0 Å². The van der Waals surface area contributed by atoms with Crippen molar-refractivity contribution in [3.8, 4) is 0 Å². The lowest BCUT2D eigenvalue weighted by atomic mass is 9.99. The second kappa shape index (κ2) is 8.19. The van der Waals surface area contributed by atoms with Crippen LogP contribution in [-0.4, -0.2) is 35.9 Å². The number of carbonyl (C=O) groups is 2. The van der Waals surface area contributed by atoms with Gasteiger partial charge in [0, 0.05) is 11.6 Å². The van der Waals surface area contributed by atoms with E-state index in [2.05, 4.69) is 10.1 Å². The summed E-state index contributed by atoms with van der Waals surface area (Å²) >= 11 is 0. The Kier molecular flexibility index (Phi) is 6.80. The van der Waals surface area contributed by atoms with E-state index in [1.807, 2.05) is 0 Å². The van der Waals surface area contributed by atoms with Crippen molar-refractivity contribution in [3.63, 3.8) is 0 Å². The van der Waals surface area contributed by atoms with Crippen molar-refractivity contribution in [2.75, 3.05) is 7.11 Å². The molecule has 0 bridgehead atoms. The molecule has 0 heterocycles. The van der Waals surface area contributed by atoms with E-state index >= 15 is 0 Å². The van der Waals surface area contributed by atoms with Crippen LogP contribution in [0.5, 0.6) is 0 Å². The topological polar surface area (TPSA) is 84.9 Å². The van der Waals surface area contributed by atoms with E-state index < -0.39 is 59.2 Å². The number of esters is 1. The van der Waals surface area contributed by atoms with Crippen molar-refractivity contribution in [1.29, 1.82) is 0 Å². The van der Waals surface area contributed by atoms with Crippen molar-refractivity contribution in [1.82, 2.24) is 5.32 Å². The van der Waals surface area contributed by atoms with Crippen LogP contribution in [0.25, 0.3) is 0 Å². The largest absolute Gasteiger partial charge is 0.469 e. The van der Waals surface area contributed by atoms with Gasteiger partial charge in [0.05, 0.1) is 19.6 Å². The Hall–Kier alpha value is -2.29. The maximum atomic E-state index is 13.8. The molecular weight excluding hydrogens is 343 g/mol. The van der Waals surface area contributed by atoms with E-state index in [1.165, 1.54) is 0 Å². The highest BCUT2D eigenvalue weighted by molar-refractivity contribution is 5.73. The van der Waals surface area contributed by atoms with Crippen LogP contribution >= 0.6 is 0 Å². The molecule has 0 spiro atoms. The summed E-state index contributed by atoms with van der Waals surface area (Å²) in [5.41, 5.74) is -1.48. The van der Waals surface area contributed by atoms with Crippen LogP contribution in [0.1, 0.15) is 38.9 Å². The number of halogens is 3. The van der Waals surface area contributed by atoms with Crippen LogP contribution in [0.15, 0.2) is 12.1 Å². The summed E-state index contributed by atoms with van der Waals surface area (Å²) in [5.74, 6) is -4.86. The molecule has 0 saturated heterocycles. The van der Waals surface area contributed by atoms with Gasteiger partial charge in [0.1, 0.15) is 17.5 Å². The second-order valence-corrected chi connectivity index (χ2v) is 6.27. The minimum atomic E-state index is -1.85. The zero-order valence-electron chi connectivity index (χ0n) is 14.2. The van der Waals surface area contributed by atoms with E-state index in [9.17, 15) is 27.9 Å². The molecular formula is C16H20F3NO5. The van der Waals surface area contributed by atoms with Gasteiger partial charge >= 0.3 is 12.1 Å². The molecule has 0 fully saturated rings. The third kappa shape index (κ3) is 6.26. The minimum Gasteiger partial charge on any atom is -0.469 e. The van der Waals surface area contributed by atoms with Crippen LogP contribution in [0.3, 0.4) is 0 Å². The number of alkyl carbamates (subject to hydrolysis) is 1. The van der Waals surface area contributed by atoms with E-state index in [4.69, 9.17) is 4.74 Å². The number of methoxy groups -OCH3 is 1. The van der Waals surface area contributed by atoms with Crippen molar-refractivity contribution in [3.05, 3.63) is 35.1 Å². The summed E-state index contributed by atoms with van der Waals surface area (Å²) in [6, 6.07) is -0.672. The molecule has 9 heteroatoms. The second-order valence-electron chi connectivity index (χ2n) is 6.27. The molecule has 0 aromatic heterocycles. The van der Waals surface area contributed by atoms with Gasteiger partial charge in [0.15, 0.2) is 11.6 Å². The van der Waals surface area contributed by atoms with Gasteiger partial charge in [-0.05, 0) is 26.8 Å². The molecule has 25 heavy (non-hydrogen) atoms. The lowest BCUT2D eigenvalue weighted by Crippen LogP contribution is -2.43. The molecule has 140 valence electrons. The van der Waals surface area contributed by atoms with Gasteiger partial charge in [-0.3, -0.25) is 4.79 Å². The summed E-state index contributed by atoms with van der Waals surface area (Å²) < 4.78 is 49.7. The molecule has 0 radical (unpaired) electrons. The van der Waals surface area contributed by atoms with Crippen LogP contribution in [0.4, 0.5) is 18.0 Å². The number of carbonyl (C=O) groups excluding carboxylic acids is 2. The summed E-state index contributed by atoms with van der Waals surface area (Å²) in [6.45, 7) is 4.77. The molecule has 0 saturated carbocycles. The molecule has 2 N–H and O–H groups in total. The molecule has 1 amide bonds. The first kappa shape index (κ1) is 20.8. The standard InChI is InChI=1S/C16H20F3NO5/c1-16(2,3)25-15(23)20-12(7-13(21)24-4)14(22)8-5-10(18)11(19)6-9(8)17/h5-6,12,14,22H,7H2,1-4H3,(H,20,23). The highest BCUT2D eigenvalue weighted by atomic mass is 19.2. The van der Waals surface area contributed by atoms with E-state index in [1.54, 1.807) is 20.8 Å². The fourth-order valence-corrected chi connectivity index (χ4v) is 1.94.